The number of rotatable bonds is 9. The van der Waals surface area contributed by atoms with Crippen LogP contribution in [0.25, 0.3) is 10.6 Å². The highest BCUT2D eigenvalue weighted by Gasteiger charge is 2.27. The molecule has 3 aromatic rings. The Morgan fingerprint density at radius 1 is 1.15 bits per heavy atom. The van der Waals surface area contributed by atoms with Crippen molar-refractivity contribution in [2.75, 3.05) is 18.7 Å². The van der Waals surface area contributed by atoms with E-state index in [-0.39, 0.29) is 25.2 Å². The van der Waals surface area contributed by atoms with E-state index in [1.165, 1.54) is 11.3 Å². The Kier molecular flexibility index (Phi) is 7.49. The summed E-state index contributed by atoms with van der Waals surface area (Å²) in [6.45, 7) is 3.80. The van der Waals surface area contributed by atoms with E-state index >= 15 is 0 Å². The summed E-state index contributed by atoms with van der Waals surface area (Å²) in [5.41, 5.74) is 0.799. The number of aromatic nitrogens is 2. The zero-order valence-corrected chi connectivity index (χ0v) is 20.1. The first-order chi connectivity index (χ1) is 16.4. The number of halogens is 1. The van der Waals surface area contributed by atoms with E-state index in [2.05, 4.69) is 20.8 Å². The Hall–Kier alpha value is -3.37. The van der Waals surface area contributed by atoms with Crippen LogP contribution in [0.15, 0.2) is 42.5 Å². The molecule has 4 rings (SSSR count). The molecule has 2 amide bonds. The lowest BCUT2D eigenvalue weighted by atomic mass is 9.98. The highest BCUT2D eigenvalue weighted by atomic mass is 35.5. The summed E-state index contributed by atoms with van der Waals surface area (Å²) >= 11 is 7.08. The van der Waals surface area contributed by atoms with Gasteiger partial charge >= 0.3 is 0 Å². The van der Waals surface area contributed by atoms with E-state index in [1.54, 1.807) is 30.3 Å². The molecule has 2 heterocycles. The molecule has 0 spiro atoms. The van der Waals surface area contributed by atoms with E-state index in [1.807, 2.05) is 26.0 Å². The maximum Gasteiger partial charge on any atom is 0.258 e. The lowest BCUT2D eigenvalue weighted by Gasteiger charge is -2.23. The Balaban J connectivity index is 1.37. The number of hydrogen-bond acceptors (Lipinski definition) is 8. The molecule has 2 unspecified atom stereocenters. The van der Waals surface area contributed by atoms with Crippen molar-refractivity contribution in [1.29, 1.82) is 0 Å². The number of nitrogens with one attached hydrogen (secondary N) is 2. The van der Waals surface area contributed by atoms with Crippen LogP contribution >= 0.6 is 22.9 Å². The number of amides is 2. The highest BCUT2D eigenvalue weighted by Crippen LogP contribution is 2.37. The molecular weight excluding hydrogens is 480 g/mol. The van der Waals surface area contributed by atoms with Gasteiger partial charge in [0.05, 0.1) is 0 Å². The van der Waals surface area contributed by atoms with Crippen LogP contribution in [0.3, 0.4) is 0 Å². The van der Waals surface area contributed by atoms with Crippen molar-refractivity contribution in [3.63, 3.8) is 0 Å². The molecule has 0 bridgehead atoms. The molecule has 1 aliphatic heterocycles. The van der Waals surface area contributed by atoms with E-state index in [0.29, 0.717) is 38.8 Å². The largest absolute Gasteiger partial charge is 0.484 e. The molecular formula is C23H23ClN4O5S. The first kappa shape index (κ1) is 23.8. The van der Waals surface area contributed by atoms with Gasteiger partial charge in [-0.05, 0) is 48.4 Å². The smallest absolute Gasteiger partial charge is 0.258 e. The minimum absolute atomic E-state index is 0.110. The topological polar surface area (TPSA) is 112 Å². The van der Waals surface area contributed by atoms with Crippen LogP contribution in [0.1, 0.15) is 20.3 Å². The molecule has 1 aliphatic rings. The Bertz CT molecular complexity index is 1170. The summed E-state index contributed by atoms with van der Waals surface area (Å²) in [4.78, 5) is 25.4. The third-order valence-corrected chi connectivity index (χ3v) is 6.41. The number of ether oxygens (including phenoxy) is 3. The van der Waals surface area contributed by atoms with Gasteiger partial charge < -0.3 is 19.5 Å². The Labute approximate surface area is 205 Å². The third kappa shape index (κ3) is 5.75. The lowest BCUT2D eigenvalue weighted by molar-refractivity contribution is -0.128. The van der Waals surface area contributed by atoms with Crippen molar-refractivity contribution in [1.82, 2.24) is 15.5 Å². The number of carbonyl (C=O) groups is 2. The fraction of sp³-hybridized carbons (Fsp3) is 0.304. The Morgan fingerprint density at radius 2 is 1.91 bits per heavy atom. The molecule has 2 N–H and O–H groups in total. The standard InChI is InChI=1S/C23H23ClN4O5S/c1-3-13(2)20(25-19(29)11-31-16-7-5-15(24)6-8-16)21(30)26-23-28-27-22(34-23)14-4-9-17-18(10-14)33-12-32-17/h4-10,13,20H,3,11-12H2,1-2H3,(H,25,29)(H,26,28,30). The number of nitrogens with zero attached hydrogens (tertiary/aromatic N) is 2. The monoisotopic (exact) mass is 502 g/mol. The van der Waals surface area contributed by atoms with Crippen molar-refractivity contribution in [2.45, 2.75) is 26.3 Å². The van der Waals surface area contributed by atoms with Crippen LogP contribution in [0.5, 0.6) is 17.2 Å². The van der Waals surface area contributed by atoms with Gasteiger partial charge in [-0.25, -0.2) is 0 Å². The van der Waals surface area contributed by atoms with Gasteiger partial charge in [0.25, 0.3) is 5.91 Å². The maximum atomic E-state index is 13.0. The van der Waals surface area contributed by atoms with Gasteiger partial charge in [0.15, 0.2) is 18.1 Å². The maximum absolute atomic E-state index is 13.0. The summed E-state index contributed by atoms with van der Waals surface area (Å²) in [7, 11) is 0. The van der Waals surface area contributed by atoms with Gasteiger partial charge in [-0.2, -0.15) is 0 Å². The van der Waals surface area contributed by atoms with E-state index in [9.17, 15) is 9.59 Å². The lowest BCUT2D eigenvalue weighted by Crippen LogP contribution is -2.49. The first-order valence-corrected chi connectivity index (χ1v) is 11.8. The summed E-state index contributed by atoms with van der Waals surface area (Å²) in [5, 5.41) is 15.3. The van der Waals surface area contributed by atoms with Crippen LogP contribution in [0.4, 0.5) is 5.13 Å². The molecule has 178 valence electrons. The Morgan fingerprint density at radius 3 is 2.68 bits per heavy atom. The van der Waals surface area contributed by atoms with Crippen LogP contribution in [0, 0.1) is 5.92 Å². The molecule has 0 saturated carbocycles. The van der Waals surface area contributed by atoms with Gasteiger partial charge in [-0.1, -0.05) is 43.2 Å². The number of fused-ring (bicyclic) bond motifs is 1. The minimum atomic E-state index is -0.760. The molecule has 2 atom stereocenters. The van der Waals surface area contributed by atoms with Crippen molar-refractivity contribution >= 4 is 39.9 Å². The van der Waals surface area contributed by atoms with Gasteiger partial charge in [0.2, 0.25) is 17.8 Å². The van der Waals surface area contributed by atoms with Crippen LogP contribution in [-0.2, 0) is 9.59 Å². The highest BCUT2D eigenvalue weighted by molar-refractivity contribution is 7.18. The van der Waals surface area contributed by atoms with E-state index < -0.39 is 11.9 Å². The number of benzene rings is 2. The molecule has 34 heavy (non-hydrogen) atoms. The zero-order valence-electron chi connectivity index (χ0n) is 18.5. The quantitative estimate of drug-likeness (QED) is 0.452. The first-order valence-electron chi connectivity index (χ1n) is 10.6. The van der Waals surface area contributed by atoms with Crippen molar-refractivity contribution in [2.24, 2.45) is 5.92 Å². The van der Waals surface area contributed by atoms with Crippen molar-refractivity contribution in [3.8, 4) is 27.8 Å². The average Bonchev–Trinajstić information content (AvgIpc) is 3.50. The fourth-order valence-electron chi connectivity index (χ4n) is 3.20. The molecule has 0 fully saturated rings. The van der Waals surface area contributed by atoms with Crippen LogP contribution in [0.2, 0.25) is 5.02 Å². The van der Waals surface area contributed by atoms with Gasteiger partial charge in [0, 0.05) is 10.6 Å². The van der Waals surface area contributed by atoms with Gasteiger partial charge in [0.1, 0.15) is 16.8 Å². The summed E-state index contributed by atoms with van der Waals surface area (Å²) in [6.07, 6.45) is 0.689. The summed E-state index contributed by atoms with van der Waals surface area (Å²) < 4.78 is 16.2. The minimum Gasteiger partial charge on any atom is -0.484 e. The normalized spacial score (nSPS) is 13.7. The van der Waals surface area contributed by atoms with E-state index in [4.69, 9.17) is 25.8 Å². The van der Waals surface area contributed by atoms with Crippen molar-refractivity contribution in [3.05, 3.63) is 47.5 Å². The van der Waals surface area contributed by atoms with Crippen molar-refractivity contribution < 1.29 is 23.8 Å². The van der Waals surface area contributed by atoms with E-state index in [0.717, 1.165) is 5.56 Å². The molecule has 11 heteroatoms. The number of hydrogen-bond donors (Lipinski definition) is 2. The molecule has 9 nitrogen and oxygen atoms in total. The van der Waals surface area contributed by atoms with Gasteiger partial charge in [-0.3, -0.25) is 14.9 Å². The molecule has 1 aromatic heterocycles. The molecule has 0 saturated heterocycles. The average molecular weight is 503 g/mol. The molecule has 0 aliphatic carbocycles. The molecule has 0 radical (unpaired) electrons. The van der Waals surface area contributed by atoms with Crippen LogP contribution < -0.4 is 24.8 Å². The SMILES string of the molecule is CCC(C)C(NC(=O)COc1ccc(Cl)cc1)C(=O)Nc1nnc(-c2ccc3c(c2)OCO3)s1. The third-order valence-electron chi connectivity index (χ3n) is 5.27. The molecule has 2 aromatic carbocycles. The van der Waals surface area contributed by atoms with Gasteiger partial charge in [-0.15, -0.1) is 10.2 Å². The predicted molar refractivity (Wildman–Crippen MR) is 128 cm³/mol. The van der Waals surface area contributed by atoms with Crippen LogP contribution in [-0.4, -0.2) is 41.5 Å². The number of carbonyl (C=O) groups excluding carboxylic acids is 2. The second kappa shape index (κ2) is 10.7. The predicted octanol–water partition coefficient (Wildman–Crippen LogP) is 4.14. The second-order valence-corrected chi connectivity index (χ2v) is 9.06. The second-order valence-electron chi connectivity index (χ2n) is 7.64. The number of anilines is 1. The summed E-state index contributed by atoms with van der Waals surface area (Å²) in [6, 6.07) is 11.4. The zero-order chi connectivity index (χ0) is 24.1. The fourth-order valence-corrected chi connectivity index (χ4v) is 4.07. The summed E-state index contributed by atoms with van der Waals surface area (Å²) in [5.74, 6) is 0.929.